The molecule has 1 saturated heterocycles. The second-order valence-corrected chi connectivity index (χ2v) is 9.40. The Bertz CT molecular complexity index is 901. The van der Waals surface area contributed by atoms with Crippen LogP contribution in [-0.2, 0) is 21.4 Å². The third kappa shape index (κ3) is 6.05. The van der Waals surface area contributed by atoms with Gasteiger partial charge in [-0.15, -0.1) is 0 Å². The van der Waals surface area contributed by atoms with Crippen LogP contribution < -0.4 is 10.6 Å². The minimum absolute atomic E-state index is 0.119. The Morgan fingerprint density at radius 2 is 1.55 bits per heavy atom. The van der Waals surface area contributed by atoms with E-state index in [2.05, 4.69) is 10.6 Å². The number of aryl methyl sites for hydroxylation is 1. The zero-order valence-corrected chi connectivity index (χ0v) is 17.7. The van der Waals surface area contributed by atoms with Gasteiger partial charge >= 0.3 is 0 Å². The number of carbonyl (C=O) groups is 1. The maximum absolute atomic E-state index is 12.8. The predicted molar refractivity (Wildman–Crippen MR) is 115 cm³/mol. The summed E-state index contributed by atoms with van der Waals surface area (Å²) < 4.78 is 27.2. The molecular weight excluding hydrogens is 386 g/mol. The molecule has 0 atom stereocenters. The number of nitrogens with zero attached hydrogens (tertiary/aromatic N) is 1. The molecule has 0 saturated carbocycles. The minimum atomic E-state index is -3.45. The van der Waals surface area contributed by atoms with Crippen LogP contribution in [0.4, 0.5) is 5.69 Å². The quantitative estimate of drug-likeness (QED) is 0.727. The summed E-state index contributed by atoms with van der Waals surface area (Å²) >= 11 is 0. The van der Waals surface area contributed by atoms with E-state index >= 15 is 0 Å². The molecule has 2 aromatic rings. The van der Waals surface area contributed by atoms with E-state index in [-0.39, 0.29) is 12.5 Å². The molecule has 0 bridgehead atoms. The second-order valence-electron chi connectivity index (χ2n) is 7.46. The van der Waals surface area contributed by atoms with Gasteiger partial charge in [0.05, 0.1) is 11.4 Å². The molecule has 0 aromatic heterocycles. The first-order valence-corrected chi connectivity index (χ1v) is 11.6. The summed E-state index contributed by atoms with van der Waals surface area (Å²) in [5.41, 5.74) is 2.94. The van der Waals surface area contributed by atoms with Crippen LogP contribution >= 0.6 is 0 Å². The zero-order valence-electron chi connectivity index (χ0n) is 16.9. The summed E-state index contributed by atoms with van der Waals surface area (Å²) in [7, 11) is -3.45. The Kier molecular flexibility index (Phi) is 7.28. The van der Waals surface area contributed by atoms with E-state index in [0.29, 0.717) is 30.2 Å². The molecule has 156 valence electrons. The van der Waals surface area contributed by atoms with Crippen molar-refractivity contribution in [3.63, 3.8) is 0 Å². The lowest BCUT2D eigenvalue weighted by atomic mass is 10.1. The largest absolute Gasteiger partial charge is 0.376 e. The van der Waals surface area contributed by atoms with Crippen LogP contribution in [0, 0.1) is 6.92 Å². The van der Waals surface area contributed by atoms with Crippen molar-refractivity contribution < 1.29 is 13.2 Å². The number of amides is 1. The van der Waals surface area contributed by atoms with Crippen molar-refractivity contribution in [1.82, 2.24) is 9.62 Å². The van der Waals surface area contributed by atoms with Gasteiger partial charge in [-0.05, 0) is 49.6 Å². The van der Waals surface area contributed by atoms with Crippen molar-refractivity contribution in [1.29, 1.82) is 0 Å². The van der Waals surface area contributed by atoms with Crippen LogP contribution in [0.2, 0.25) is 0 Å². The van der Waals surface area contributed by atoms with Crippen LogP contribution in [0.25, 0.3) is 0 Å². The average Bonchev–Trinajstić information content (AvgIpc) is 3.02. The van der Waals surface area contributed by atoms with Crippen molar-refractivity contribution in [3.05, 3.63) is 59.7 Å². The van der Waals surface area contributed by atoms with Crippen molar-refractivity contribution in [3.8, 4) is 0 Å². The number of hydrogen-bond acceptors (Lipinski definition) is 4. The number of hydrogen-bond donors (Lipinski definition) is 2. The van der Waals surface area contributed by atoms with Crippen molar-refractivity contribution in [2.45, 2.75) is 44.0 Å². The number of nitrogens with one attached hydrogen (secondary N) is 2. The molecule has 0 aliphatic carbocycles. The van der Waals surface area contributed by atoms with E-state index in [1.807, 2.05) is 31.2 Å². The molecule has 1 aliphatic heterocycles. The normalized spacial score (nSPS) is 15.5. The molecule has 0 radical (unpaired) electrons. The minimum Gasteiger partial charge on any atom is -0.376 e. The van der Waals surface area contributed by atoms with Crippen LogP contribution in [-0.4, -0.2) is 38.3 Å². The highest BCUT2D eigenvalue weighted by Crippen LogP contribution is 2.21. The summed E-state index contributed by atoms with van der Waals surface area (Å²) in [6.07, 6.45) is 3.99. The number of anilines is 1. The van der Waals surface area contributed by atoms with Gasteiger partial charge in [0.1, 0.15) is 0 Å². The topological polar surface area (TPSA) is 78.5 Å². The first-order chi connectivity index (χ1) is 13.9. The lowest BCUT2D eigenvalue weighted by molar-refractivity contribution is -0.119. The van der Waals surface area contributed by atoms with E-state index in [9.17, 15) is 13.2 Å². The lowest BCUT2D eigenvalue weighted by Crippen LogP contribution is -2.32. The Hall–Kier alpha value is -2.38. The highest BCUT2D eigenvalue weighted by Gasteiger charge is 2.24. The third-order valence-electron chi connectivity index (χ3n) is 5.12. The second kappa shape index (κ2) is 9.89. The molecule has 1 heterocycles. The maximum atomic E-state index is 12.8. The average molecular weight is 416 g/mol. The predicted octanol–water partition coefficient (Wildman–Crippen LogP) is 3.29. The van der Waals surface area contributed by atoms with E-state index in [1.165, 1.54) is 5.56 Å². The van der Waals surface area contributed by atoms with Crippen molar-refractivity contribution in [2.24, 2.45) is 0 Å². The number of benzene rings is 2. The van der Waals surface area contributed by atoms with Crippen LogP contribution in [0.5, 0.6) is 0 Å². The molecule has 0 unspecified atom stereocenters. The summed E-state index contributed by atoms with van der Waals surface area (Å²) in [4.78, 5) is 12.3. The highest BCUT2D eigenvalue weighted by atomic mass is 32.2. The van der Waals surface area contributed by atoms with Crippen LogP contribution in [0.15, 0.2) is 53.4 Å². The molecule has 2 N–H and O–H groups in total. The molecule has 2 aromatic carbocycles. The molecule has 0 spiro atoms. The fourth-order valence-electron chi connectivity index (χ4n) is 3.33. The number of carbonyl (C=O) groups excluding carboxylic acids is 1. The van der Waals surface area contributed by atoms with Gasteiger partial charge in [-0.2, -0.15) is 4.31 Å². The summed E-state index contributed by atoms with van der Waals surface area (Å²) in [5, 5.41) is 5.91. The molecule has 1 fully saturated rings. The van der Waals surface area contributed by atoms with E-state index in [4.69, 9.17) is 0 Å². The van der Waals surface area contributed by atoms with Crippen LogP contribution in [0.3, 0.4) is 0 Å². The van der Waals surface area contributed by atoms with Gasteiger partial charge < -0.3 is 10.6 Å². The molecule has 3 rings (SSSR count). The van der Waals surface area contributed by atoms with E-state index < -0.39 is 10.0 Å². The molecule has 29 heavy (non-hydrogen) atoms. The van der Waals surface area contributed by atoms with E-state index in [1.54, 1.807) is 28.6 Å². The third-order valence-corrected chi connectivity index (χ3v) is 7.03. The smallest absolute Gasteiger partial charge is 0.243 e. The van der Waals surface area contributed by atoms with Gasteiger partial charge in [0.25, 0.3) is 0 Å². The standard InChI is InChI=1S/C22H29N3O3S/c1-18-6-8-19(9-7-18)16-24-22(26)17-23-20-10-12-21(13-11-20)29(27,28)25-14-4-2-3-5-15-25/h6-13,23H,2-5,14-17H2,1H3,(H,24,26). The maximum Gasteiger partial charge on any atom is 0.243 e. The Balaban J connectivity index is 1.50. The lowest BCUT2D eigenvalue weighted by Gasteiger charge is -2.20. The van der Waals surface area contributed by atoms with Gasteiger partial charge in [0.2, 0.25) is 15.9 Å². The molecule has 1 aliphatic rings. The molecule has 6 nitrogen and oxygen atoms in total. The summed E-state index contributed by atoms with van der Waals surface area (Å²) in [6, 6.07) is 14.6. The highest BCUT2D eigenvalue weighted by molar-refractivity contribution is 7.89. The zero-order chi connectivity index (χ0) is 20.7. The van der Waals surface area contributed by atoms with Crippen molar-refractivity contribution >= 4 is 21.6 Å². The monoisotopic (exact) mass is 415 g/mol. The molecule has 1 amide bonds. The Morgan fingerprint density at radius 3 is 2.17 bits per heavy atom. The van der Waals surface area contributed by atoms with E-state index in [0.717, 1.165) is 31.2 Å². The first-order valence-electron chi connectivity index (χ1n) is 10.1. The molecular formula is C22H29N3O3S. The SMILES string of the molecule is Cc1ccc(CNC(=O)CNc2ccc(S(=O)(=O)N3CCCCCC3)cc2)cc1. The van der Waals surface area contributed by atoms with Crippen LogP contribution in [0.1, 0.15) is 36.8 Å². The Morgan fingerprint density at radius 1 is 0.931 bits per heavy atom. The Labute approximate surface area is 173 Å². The fourth-order valence-corrected chi connectivity index (χ4v) is 4.84. The summed E-state index contributed by atoms with van der Waals surface area (Å²) in [5.74, 6) is -0.119. The van der Waals surface area contributed by atoms with Crippen molar-refractivity contribution in [2.75, 3.05) is 25.0 Å². The summed E-state index contributed by atoms with van der Waals surface area (Å²) in [6.45, 7) is 3.81. The van der Waals surface area contributed by atoms with Gasteiger partial charge in [-0.25, -0.2) is 8.42 Å². The van der Waals surface area contributed by atoms with Gasteiger partial charge in [0, 0.05) is 25.3 Å². The fraction of sp³-hybridized carbons (Fsp3) is 0.409. The molecule has 7 heteroatoms. The van der Waals surface area contributed by atoms with Gasteiger partial charge in [-0.3, -0.25) is 4.79 Å². The van der Waals surface area contributed by atoms with Gasteiger partial charge in [-0.1, -0.05) is 42.7 Å². The number of rotatable bonds is 7. The van der Waals surface area contributed by atoms with Gasteiger partial charge in [0.15, 0.2) is 0 Å². The number of sulfonamides is 1. The first kappa shape index (κ1) is 21.3.